The molecule has 8 nitrogen and oxygen atoms in total. The molecular weight excluding hydrogens is 502 g/mol. The lowest BCUT2D eigenvalue weighted by molar-refractivity contribution is -0.147. The van der Waals surface area contributed by atoms with Crippen LogP contribution in [0, 0.1) is 0 Å². The number of carbonyl (C=O) groups is 3. The van der Waals surface area contributed by atoms with Crippen molar-refractivity contribution >= 4 is 41.2 Å². The molecule has 0 bridgehead atoms. The van der Waals surface area contributed by atoms with Gasteiger partial charge < -0.3 is 19.7 Å². The predicted molar refractivity (Wildman–Crippen MR) is 154 cm³/mol. The van der Waals surface area contributed by atoms with Crippen LogP contribution in [-0.4, -0.2) is 60.6 Å². The fraction of sp³-hybridized carbons (Fsp3) is 0.586. The minimum absolute atomic E-state index is 0.108. The van der Waals surface area contributed by atoms with Crippen molar-refractivity contribution in [2.24, 2.45) is 0 Å². The number of rotatable bonds is 16. The van der Waals surface area contributed by atoms with Crippen molar-refractivity contribution in [3.63, 3.8) is 0 Å². The molecule has 9 heteroatoms. The van der Waals surface area contributed by atoms with Gasteiger partial charge in [0.1, 0.15) is 11.8 Å². The van der Waals surface area contributed by atoms with Gasteiger partial charge in [0.25, 0.3) is 0 Å². The van der Waals surface area contributed by atoms with E-state index in [2.05, 4.69) is 17.6 Å². The van der Waals surface area contributed by atoms with E-state index in [4.69, 9.17) is 21.7 Å². The van der Waals surface area contributed by atoms with Gasteiger partial charge >= 0.3 is 5.97 Å². The molecule has 0 aliphatic carbocycles. The summed E-state index contributed by atoms with van der Waals surface area (Å²) in [5.41, 5.74) is 0.826. The van der Waals surface area contributed by atoms with Gasteiger partial charge in [0.05, 0.1) is 20.1 Å². The lowest BCUT2D eigenvalue weighted by atomic mass is 10.1. The molecule has 1 aliphatic heterocycles. The average molecular weight is 546 g/mol. The van der Waals surface area contributed by atoms with E-state index >= 15 is 0 Å². The summed E-state index contributed by atoms with van der Waals surface area (Å²) in [4.78, 5) is 38.9. The third-order valence-corrected chi connectivity index (χ3v) is 6.82. The van der Waals surface area contributed by atoms with Gasteiger partial charge in [-0.1, -0.05) is 76.8 Å². The Morgan fingerprint density at radius 2 is 1.68 bits per heavy atom. The first-order valence-corrected chi connectivity index (χ1v) is 14.2. The summed E-state index contributed by atoms with van der Waals surface area (Å²) >= 11 is 5.39. The van der Waals surface area contributed by atoms with Crippen LogP contribution in [0.25, 0.3) is 6.08 Å². The summed E-state index contributed by atoms with van der Waals surface area (Å²) in [5, 5.41) is 5.50. The highest BCUT2D eigenvalue weighted by atomic mass is 32.1. The second-order valence-corrected chi connectivity index (χ2v) is 9.89. The molecule has 210 valence electrons. The summed E-state index contributed by atoms with van der Waals surface area (Å²) in [6.07, 6.45) is 14.9. The maximum atomic E-state index is 12.5. The van der Waals surface area contributed by atoms with Crippen molar-refractivity contribution in [1.82, 2.24) is 15.5 Å². The molecule has 1 unspecified atom stereocenters. The lowest BCUT2D eigenvalue weighted by Gasteiger charge is -2.36. The van der Waals surface area contributed by atoms with Crippen molar-refractivity contribution in [1.29, 1.82) is 0 Å². The predicted octanol–water partition coefficient (Wildman–Crippen LogP) is 4.76. The van der Waals surface area contributed by atoms with Crippen LogP contribution in [0.15, 0.2) is 30.3 Å². The minimum Gasteiger partial charge on any atom is -0.497 e. The molecule has 2 amide bonds. The Morgan fingerprint density at radius 1 is 1.05 bits per heavy atom. The number of esters is 1. The van der Waals surface area contributed by atoms with Crippen LogP contribution in [0.5, 0.6) is 5.75 Å². The Labute approximate surface area is 232 Å². The number of thiocarbonyl (C=S) groups is 1. The van der Waals surface area contributed by atoms with Crippen molar-refractivity contribution in [2.45, 2.75) is 83.6 Å². The lowest BCUT2D eigenvalue weighted by Crippen LogP contribution is -2.60. The van der Waals surface area contributed by atoms with E-state index < -0.39 is 17.9 Å². The second kappa shape index (κ2) is 18.3. The topological polar surface area (TPSA) is 97.0 Å². The van der Waals surface area contributed by atoms with E-state index in [0.29, 0.717) is 19.7 Å². The summed E-state index contributed by atoms with van der Waals surface area (Å²) in [7, 11) is 1.59. The first kappa shape index (κ1) is 31.3. The molecule has 1 heterocycles. The Kier molecular flexibility index (Phi) is 15.1. The molecule has 38 heavy (non-hydrogen) atoms. The van der Waals surface area contributed by atoms with Crippen LogP contribution in [0.4, 0.5) is 0 Å². The number of piperazine rings is 1. The second-order valence-electron chi connectivity index (χ2n) is 9.51. The fourth-order valence-corrected chi connectivity index (χ4v) is 4.58. The van der Waals surface area contributed by atoms with E-state index in [1.165, 1.54) is 51.0 Å². The number of carbonyl (C=O) groups excluding carboxylic acids is 3. The number of methoxy groups -OCH3 is 1. The zero-order chi connectivity index (χ0) is 27.6. The monoisotopic (exact) mass is 545 g/mol. The van der Waals surface area contributed by atoms with Gasteiger partial charge in [-0.05, 0) is 42.4 Å². The van der Waals surface area contributed by atoms with E-state index in [9.17, 15) is 14.4 Å². The number of ether oxygens (including phenoxy) is 2. The molecule has 1 atom stereocenters. The molecule has 1 aromatic carbocycles. The van der Waals surface area contributed by atoms with Crippen LogP contribution in [0.1, 0.15) is 83.1 Å². The minimum atomic E-state index is -0.817. The number of nitrogens with one attached hydrogen (secondary N) is 2. The smallest absolute Gasteiger partial charge is 0.308 e. The first-order chi connectivity index (χ1) is 18.4. The van der Waals surface area contributed by atoms with Crippen LogP contribution in [-0.2, 0) is 19.1 Å². The van der Waals surface area contributed by atoms with E-state index in [1.807, 2.05) is 12.1 Å². The number of hydrogen-bond donors (Lipinski definition) is 2. The van der Waals surface area contributed by atoms with E-state index in [-0.39, 0.29) is 17.4 Å². The maximum absolute atomic E-state index is 12.5. The van der Waals surface area contributed by atoms with Crippen LogP contribution >= 0.6 is 12.2 Å². The van der Waals surface area contributed by atoms with Crippen molar-refractivity contribution in [2.75, 3.05) is 26.8 Å². The molecule has 1 fully saturated rings. The number of unbranched alkanes of at least 4 members (excludes halogenated alkanes) is 9. The van der Waals surface area contributed by atoms with E-state index in [0.717, 1.165) is 30.6 Å². The van der Waals surface area contributed by atoms with Gasteiger partial charge in [0.2, 0.25) is 11.8 Å². The molecule has 0 spiro atoms. The summed E-state index contributed by atoms with van der Waals surface area (Å²) in [5.74, 6) is -0.442. The van der Waals surface area contributed by atoms with Gasteiger partial charge in [0, 0.05) is 19.2 Å². The molecule has 0 aromatic heterocycles. The Morgan fingerprint density at radius 3 is 2.32 bits per heavy atom. The molecule has 0 saturated carbocycles. The highest BCUT2D eigenvalue weighted by Crippen LogP contribution is 2.14. The molecular formula is C29H43N3O5S. The Bertz CT molecular complexity index is 919. The zero-order valence-corrected chi connectivity index (χ0v) is 23.7. The van der Waals surface area contributed by atoms with Gasteiger partial charge in [-0.3, -0.25) is 19.7 Å². The third-order valence-electron chi connectivity index (χ3n) is 6.49. The molecule has 2 rings (SSSR count). The highest BCUT2D eigenvalue weighted by Gasteiger charge is 2.34. The Hall–Kier alpha value is -2.94. The molecule has 1 aromatic rings. The Balaban J connectivity index is 1.71. The van der Waals surface area contributed by atoms with Crippen LogP contribution in [0.3, 0.4) is 0 Å². The standard InChI is InChI=1S/C29H43N3O5S/c1-3-4-5-6-7-8-9-10-11-12-21-37-27(34)22-25-28(35)30-19-20-32(25)29(38)31-26(33)18-15-23-13-16-24(36-2)17-14-23/h13-18,25H,3-12,19-22H2,1-2H3,(H,30,35)(H,31,33,38)/b18-15+. The maximum Gasteiger partial charge on any atom is 0.308 e. The summed E-state index contributed by atoms with van der Waals surface area (Å²) in [6, 6.07) is 6.44. The molecule has 1 saturated heterocycles. The fourth-order valence-electron chi connectivity index (χ4n) is 4.26. The normalized spacial score (nSPS) is 15.3. The number of amides is 2. The third kappa shape index (κ3) is 12.1. The largest absolute Gasteiger partial charge is 0.497 e. The average Bonchev–Trinajstić information content (AvgIpc) is 2.92. The van der Waals surface area contributed by atoms with Gasteiger partial charge in [-0.25, -0.2) is 0 Å². The zero-order valence-electron chi connectivity index (χ0n) is 22.8. The first-order valence-electron chi connectivity index (χ1n) is 13.8. The molecule has 0 radical (unpaired) electrons. The highest BCUT2D eigenvalue weighted by molar-refractivity contribution is 7.80. The SMILES string of the molecule is CCCCCCCCCCCCOC(=O)CC1C(=O)NCCN1C(=S)NC(=O)/C=C/c1ccc(OC)cc1. The number of nitrogens with zero attached hydrogens (tertiary/aromatic N) is 1. The van der Waals surface area contributed by atoms with Crippen molar-refractivity contribution < 1.29 is 23.9 Å². The van der Waals surface area contributed by atoms with Crippen molar-refractivity contribution in [3.8, 4) is 5.75 Å². The van der Waals surface area contributed by atoms with Gasteiger partial charge in [-0.15, -0.1) is 0 Å². The molecule has 1 aliphatic rings. The molecule has 2 N–H and O–H groups in total. The van der Waals surface area contributed by atoms with Crippen LogP contribution < -0.4 is 15.4 Å². The van der Waals surface area contributed by atoms with Crippen LogP contribution in [0.2, 0.25) is 0 Å². The summed E-state index contributed by atoms with van der Waals surface area (Å²) < 4.78 is 10.5. The van der Waals surface area contributed by atoms with E-state index in [1.54, 1.807) is 30.2 Å². The number of hydrogen-bond acceptors (Lipinski definition) is 6. The quantitative estimate of drug-likeness (QED) is 0.134. The van der Waals surface area contributed by atoms with Gasteiger partial charge in [-0.2, -0.15) is 0 Å². The van der Waals surface area contributed by atoms with Crippen molar-refractivity contribution in [3.05, 3.63) is 35.9 Å². The number of benzene rings is 1. The summed E-state index contributed by atoms with van der Waals surface area (Å²) in [6.45, 7) is 3.34. The van der Waals surface area contributed by atoms with Gasteiger partial charge in [0.15, 0.2) is 5.11 Å².